The van der Waals surface area contributed by atoms with Crippen molar-refractivity contribution < 1.29 is 14.4 Å². The zero-order chi connectivity index (χ0) is 12.6. The second-order valence-corrected chi connectivity index (χ2v) is 5.13. The SMILES string of the molecule is CC1CC(CN)(C(=O)N2CC(=O)NC(=O)C2)C1. The van der Waals surface area contributed by atoms with E-state index in [1.54, 1.807) is 0 Å². The minimum absolute atomic E-state index is 0.0410. The molecule has 0 atom stereocenters. The Kier molecular flexibility index (Phi) is 2.91. The lowest BCUT2D eigenvalue weighted by molar-refractivity contribution is -0.156. The molecule has 0 aromatic rings. The van der Waals surface area contributed by atoms with Crippen LogP contribution < -0.4 is 11.1 Å². The molecular weight excluding hydrogens is 222 g/mol. The van der Waals surface area contributed by atoms with Gasteiger partial charge in [-0.3, -0.25) is 19.7 Å². The van der Waals surface area contributed by atoms with E-state index in [9.17, 15) is 14.4 Å². The van der Waals surface area contributed by atoms with E-state index in [2.05, 4.69) is 12.2 Å². The van der Waals surface area contributed by atoms with Crippen molar-refractivity contribution in [3.8, 4) is 0 Å². The number of hydrogen-bond acceptors (Lipinski definition) is 4. The highest BCUT2D eigenvalue weighted by Crippen LogP contribution is 2.45. The molecule has 3 N–H and O–H groups in total. The van der Waals surface area contributed by atoms with Gasteiger partial charge in [0, 0.05) is 6.54 Å². The minimum Gasteiger partial charge on any atom is -0.329 e. The van der Waals surface area contributed by atoms with E-state index in [-0.39, 0.29) is 25.5 Å². The predicted molar refractivity (Wildman–Crippen MR) is 59.6 cm³/mol. The number of nitrogens with one attached hydrogen (secondary N) is 1. The number of piperazine rings is 1. The van der Waals surface area contributed by atoms with E-state index in [0.29, 0.717) is 5.92 Å². The Hall–Kier alpha value is -1.43. The Labute approximate surface area is 99.5 Å². The molecule has 0 unspecified atom stereocenters. The Morgan fingerprint density at radius 3 is 2.35 bits per heavy atom. The fourth-order valence-corrected chi connectivity index (χ4v) is 2.82. The van der Waals surface area contributed by atoms with Crippen molar-refractivity contribution in [2.24, 2.45) is 17.1 Å². The Balaban J connectivity index is 2.09. The van der Waals surface area contributed by atoms with Crippen molar-refractivity contribution in [3.63, 3.8) is 0 Å². The molecular formula is C11H17N3O3. The number of amides is 3. The summed E-state index contributed by atoms with van der Waals surface area (Å²) < 4.78 is 0. The van der Waals surface area contributed by atoms with Gasteiger partial charge in [-0.1, -0.05) is 6.92 Å². The first-order valence-electron chi connectivity index (χ1n) is 5.79. The highest BCUT2D eigenvalue weighted by Gasteiger charge is 2.49. The van der Waals surface area contributed by atoms with Crippen molar-refractivity contribution in [2.75, 3.05) is 19.6 Å². The summed E-state index contributed by atoms with van der Waals surface area (Å²) in [6.45, 7) is 2.26. The summed E-state index contributed by atoms with van der Waals surface area (Å²) in [6.07, 6.45) is 1.49. The van der Waals surface area contributed by atoms with Crippen LogP contribution in [0.4, 0.5) is 0 Å². The molecule has 2 rings (SSSR count). The number of carbonyl (C=O) groups is 3. The first-order chi connectivity index (χ1) is 7.97. The van der Waals surface area contributed by atoms with Gasteiger partial charge in [-0.2, -0.15) is 0 Å². The molecule has 0 bridgehead atoms. The van der Waals surface area contributed by atoms with E-state index in [0.717, 1.165) is 12.8 Å². The summed E-state index contributed by atoms with van der Waals surface area (Å²) in [5.41, 5.74) is 5.13. The van der Waals surface area contributed by atoms with Crippen molar-refractivity contribution in [1.82, 2.24) is 10.2 Å². The van der Waals surface area contributed by atoms with Crippen LogP contribution in [-0.4, -0.2) is 42.3 Å². The van der Waals surface area contributed by atoms with Crippen LogP contribution in [0.15, 0.2) is 0 Å². The van der Waals surface area contributed by atoms with Crippen molar-refractivity contribution in [3.05, 3.63) is 0 Å². The summed E-state index contributed by atoms with van der Waals surface area (Å²) in [5.74, 6) is -0.513. The van der Waals surface area contributed by atoms with Gasteiger partial charge in [0.05, 0.1) is 5.41 Å². The van der Waals surface area contributed by atoms with Crippen LogP contribution in [0.3, 0.4) is 0 Å². The second-order valence-electron chi connectivity index (χ2n) is 5.13. The smallest absolute Gasteiger partial charge is 0.246 e. The number of nitrogens with zero attached hydrogens (tertiary/aromatic N) is 1. The first-order valence-corrected chi connectivity index (χ1v) is 5.79. The fourth-order valence-electron chi connectivity index (χ4n) is 2.82. The number of imide groups is 1. The van der Waals surface area contributed by atoms with E-state index < -0.39 is 17.2 Å². The molecule has 6 nitrogen and oxygen atoms in total. The number of rotatable bonds is 2. The van der Waals surface area contributed by atoms with E-state index in [1.807, 2.05) is 0 Å². The van der Waals surface area contributed by atoms with Gasteiger partial charge in [-0.05, 0) is 18.8 Å². The number of carbonyl (C=O) groups excluding carboxylic acids is 3. The van der Waals surface area contributed by atoms with Crippen LogP contribution in [-0.2, 0) is 14.4 Å². The molecule has 2 aliphatic rings. The quantitative estimate of drug-likeness (QED) is 0.595. The second kappa shape index (κ2) is 4.10. The molecule has 94 valence electrons. The average Bonchev–Trinajstić information content (AvgIpc) is 2.22. The predicted octanol–water partition coefficient (Wildman–Crippen LogP) is -1.15. The summed E-state index contributed by atoms with van der Waals surface area (Å²) in [7, 11) is 0. The normalized spacial score (nSPS) is 33.1. The van der Waals surface area contributed by atoms with Gasteiger partial charge in [0.1, 0.15) is 13.1 Å². The van der Waals surface area contributed by atoms with Gasteiger partial charge in [0.15, 0.2) is 0 Å². The molecule has 0 radical (unpaired) electrons. The molecule has 2 fully saturated rings. The largest absolute Gasteiger partial charge is 0.329 e. The van der Waals surface area contributed by atoms with Crippen LogP contribution in [0.25, 0.3) is 0 Å². The lowest BCUT2D eigenvalue weighted by atomic mass is 9.62. The number of nitrogens with two attached hydrogens (primary N) is 1. The summed E-state index contributed by atoms with van der Waals surface area (Å²) in [5, 5.41) is 2.18. The van der Waals surface area contributed by atoms with Gasteiger partial charge in [-0.25, -0.2) is 0 Å². The molecule has 0 spiro atoms. The van der Waals surface area contributed by atoms with E-state index >= 15 is 0 Å². The Morgan fingerprint density at radius 2 is 1.94 bits per heavy atom. The van der Waals surface area contributed by atoms with E-state index in [1.165, 1.54) is 4.90 Å². The van der Waals surface area contributed by atoms with Crippen molar-refractivity contribution >= 4 is 17.7 Å². The Bertz CT molecular complexity index is 358. The van der Waals surface area contributed by atoms with Gasteiger partial charge < -0.3 is 10.6 Å². The first kappa shape index (κ1) is 12.0. The molecule has 1 saturated heterocycles. The third-order valence-electron chi connectivity index (χ3n) is 3.56. The van der Waals surface area contributed by atoms with Crippen LogP contribution >= 0.6 is 0 Å². The van der Waals surface area contributed by atoms with Crippen LogP contribution in [0, 0.1) is 11.3 Å². The zero-order valence-corrected chi connectivity index (χ0v) is 9.86. The molecule has 6 heteroatoms. The molecule has 1 aliphatic carbocycles. The molecule has 1 heterocycles. The van der Waals surface area contributed by atoms with Crippen LogP contribution in [0.2, 0.25) is 0 Å². The molecule has 1 saturated carbocycles. The molecule has 1 aliphatic heterocycles. The third-order valence-corrected chi connectivity index (χ3v) is 3.56. The van der Waals surface area contributed by atoms with Gasteiger partial charge in [0.25, 0.3) is 0 Å². The maximum Gasteiger partial charge on any atom is 0.246 e. The summed E-state index contributed by atoms with van der Waals surface area (Å²) in [4.78, 5) is 36.0. The molecule has 3 amide bonds. The topological polar surface area (TPSA) is 92.5 Å². The summed E-state index contributed by atoms with van der Waals surface area (Å²) >= 11 is 0. The van der Waals surface area contributed by atoms with Crippen LogP contribution in [0.1, 0.15) is 19.8 Å². The van der Waals surface area contributed by atoms with Gasteiger partial charge in [-0.15, -0.1) is 0 Å². The highest BCUT2D eigenvalue weighted by molar-refractivity contribution is 6.03. The third kappa shape index (κ3) is 2.04. The fraction of sp³-hybridized carbons (Fsp3) is 0.727. The van der Waals surface area contributed by atoms with Crippen molar-refractivity contribution in [1.29, 1.82) is 0 Å². The average molecular weight is 239 g/mol. The zero-order valence-electron chi connectivity index (χ0n) is 9.86. The maximum absolute atomic E-state index is 12.3. The molecule has 0 aromatic heterocycles. The van der Waals surface area contributed by atoms with Gasteiger partial charge >= 0.3 is 0 Å². The molecule has 0 aromatic carbocycles. The van der Waals surface area contributed by atoms with Crippen molar-refractivity contribution in [2.45, 2.75) is 19.8 Å². The summed E-state index contributed by atoms with van der Waals surface area (Å²) in [6, 6.07) is 0. The molecule has 17 heavy (non-hydrogen) atoms. The maximum atomic E-state index is 12.3. The van der Waals surface area contributed by atoms with Crippen LogP contribution in [0.5, 0.6) is 0 Å². The lowest BCUT2D eigenvalue weighted by Crippen LogP contribution is -2.60. The van der Waals surface area contributed by atoms with Gasteiger partial charge in [0.2, 0.25) is 17.7 Å². The Morgan fingerprint density at radius 1 is 1.41 bits per heavy atom. The standard InChI is InChI=1S/C11H17N3O3/c1-7-2-11(3-7,6-12)10(17)14-4-8(15)13-9(16)5-14/h7H,2-6,12H2,1H3,(H,13,15,16). The monoisotopic (exact) mass is 239 g/mol. The number of hydrogen-bond donors (Lipinski definition) is 2. The van der Waals surface area contributed by atoms with E-state index in [4.69, 9.17) is 5.73 Å². The highest BCUT2D eigenvalue weighted by atomic mass is 16.2. The minimum atomic E-state index is -0.544. The lowest BCUT2D eigenvalue weighted by Gasteiger charge is -2.47.